The molecule has 1 heterocycles. The van der Waals surface area contributed by atoms with Crippen molar-refractivity contribution in [3.63, 3.8) is 0 Å². The Kier molecular flexibility index (Phi) is 5.96. The molecule has 1 aromatic heterocycles. The Bertz CT molecular complexity index is 315. The zero-order valence-electron chi connectivity index (χ0n) is 10.4. The monoisotopic (exact) mass is 223 g/mol. The van der Waals surface area contributed by atoms with Crippen LogP contribution >= 0.6 is 0 Å². The summed E-state index contributed by atoms with van der Waals surface area (Å²) < 4.78 is 5.03. The number of aryl methyl sites for hydroxylation is 1. The van der Waals surface area contributed by atoms with E-state index in [0.717, 1.165) is 43.1 Å². The standard InChI is InChI=1S/C12H21N3O/c1-4-6-13-9-11-8-10(2)14-12(15-11)5-7-16-3/h8,13H,4-7,9H2,1-3H3. The van der Waals surface area contributed by atoms with Crippen LogP contribution in [0.4, 0.5) is 0 Å². The fourth-order valence-electron chi connectivity index (χ4n) is 1.49. The van der Waals surface area contributed by atoms with Crippen molar-refractivity contribution < 1.29 is 4.74 Å². The average Bonchev–Trinajstić information content (AvgIpc) is 2.26. The first-order chi connectivity index (χ1) is 7.76. The van der Waals surface area contributed by atoms with Crippen molar-refractivity contribution in [2.75, 3.05) is 20.3 Å². The minimum Gasteiger partial charge on any atom is -0.384 e. The Balaban J connectivity index is 2.58. The second-order valence-corrected chi connectivity index (χ2v) is 3.84. The second-order valence-electron chi connectivity index (χ2n) is 3.84. The van der Waals surface area contributed by atoms with Crippen LogP contribution in [0.5, 0.6) is 0 Å². The zero-order chi connectivity index (χ0) is 11.8. The molecule has 0 amide bonds. The first-order valence-electron chi connectivity index (χ1n) is 5.79. The van der Waals surface area contributed by atoms with Gasteiger partial charge in [-0.3, -0.25) is 0 Å². The van der Waals surface area contributed by atoms with Crippen LogP contribution in [-0.4, -0.2) is 30.2 Å². The lowest BCUT2D eigenvalue weighted by Crippen LogP contribution is -2.16. The molecule has 0 aliphatic rings. The third-order valence-electron chi connectivity index (χ3n) is 2.22. The number of rotatable bonds is 7. The van der Waals surface area contributed by atoms with Crippen LogP contribution in [0.3, 0.4) is 0 Å². The lowest BCUT2D eigenvalue weighted by Gasteiger charge is -2.06. The summed E-state index contributed by atoms with van der Waals surface area (Å²) in [6.45, 7) is 6.67. The molecule has 16 heavy (non-hydrogen) atoms. The molecule has 4 nitrogen and oxygen atoms in total. The van der Waals surface area contributed by atoms with Gasteiger partial charge in [0.15, 0.2) is 0 Å². The van der Waals surface area contributed by atoms with Crippen molar-refractivity contribution >= 4 is 0 Å². The van der Waals surface area contributed by atoms with Gasteiger partial charge in [0.2, 0.25) is 0 Å². The molecular weight excluding hydrogens is 202 g/mol. The molecule has 0 radical (unpaired) electrons. The van der Waals surface area contributed by atoms with E-state index in [1.807, 2.05) is 13.0 Å². The van der Waals surface area contributed by atoms with Crippen LogP contribution in [0.2, 0.25) is 0 Å². The zero-order valence-corrected chi connectivity index (χ0v) is 10.4. The van der Waals surface area contributed by atoms with E-state index in [4.69, 9.17) is 4.74 Å². The fraction of sp³-hybridized carbons (Fsp3) is 0.667. The summed E-state index contributed by atoms with van der Waals surface area (Å²) in [4.78, 5) is 8.87. The van der Waals surface area contributed by atoms with Crippen LogP contribution in [0.15, 0.2) is 6.07 Å². The predicted molar refractivity (Wildman–Crippen MR) is 64.3 cm³/mol. The number of methoxy groups -OCH3 is 1. The minimum atomic E-state index is 0.672. The van der Waals surface area contributed by atoms with Gasteiger partial charge in [-0.1, -0.05) is 6.92 Å². The molecule has 0 bridgehead atoms. The van der Waals surface area contributed by atoms with Gasteiger partial charge in [0.05, 0.1) is 12.3 Å². The maximum Gasteiger partial charge on any atom is 0.131 e. The van der Waals surface area contributed by atoms with Gasteiger partial charge >= 0.3 is 0 Å². The van der Waals surface area contributed by atoms with Gasteiger partial charge in [0, 0.05) is 25.8 Å². The Morgan fingerprint density at radius 1 is 1.38 bits per heavy atom. The summed E-state index contributed by atoms with van der Waals surface area (Å²) in [6.07, 6.45) is 1.92. The normalized spacial score (nSPS) is 10.7. The van der Waals surface area contributed by atoms with Crippen LogP contribution in [0, 0.1) is 6.92 Å². The van der Waals surface area contributed by atoms with Gasteiger partial charge in [-0.05, 0) is 26.0 Å². The molecule has 1 aromatic rings. The van der Waals surface area contributed by atoms with Crippen molar-refractivity contribution in [2.45, 2.75) is 33.2 Å². The molecule has 0 aliphatic heterocycles. The summed E-state index contributed by atoms with van der Waals surface area (Å²) in [5.41, 5.74) is 2.08. The van der Waals surface area contributed by atoms with Crippen LogP contribution < -0.4 is 5.32 Å². The molecule has 0 spiro atoms. The van der Waals surface area contributed by atoms with E-state index in [-0.39, 0.29) is 0 Å². The number of aromatic nitrogens is 2. The van der Waals surface area contributed by atoms with Gasteiger partial charge in [-0.2, -0.15) is 0 Å². The quantitative estimate of drug-likeness (QED) is 0.711. The van der Waals surface area contributed by atoms with Crippen molar-refractivity contribution in [3.05, 3.63) is 23.3 Å². The van der Waals surface area contributed by atoms with Gasteiger partial charge in [0.25, 0.3) is 0 Å². The van der Waals surface area contributed by atoms with Crippen molar-refractivity contribution in [1.29, 1.82) is 0 Å². The molecular formula is C12H21N3O. The van der Waals surface area contributed by atoms with Gasteiger partial charge < -0.3 is 10.1 Å². The molecule has 0 saturated carbocycles. The maximum atomic E-state index is 5.03. The number of ether oxygens (including phenoxy) is 1. The van der Waals surface area contributed by atoms with E-state index in [1.54, 1.807) is 7.11 Å². The molecule has 0 aromatic carbocycles. The molecule has 0 aliphatic carbocycles. The van der Waals surface area contributed by atoms with E-state index in [9.17, 15) is 0 Å². The Labute approximate surface area is 97.5 Å². The molecule has 1 N–H and O–H groups in total. The van der Waals surface area contributed by atoms with E-state index in [2.05, 4.69) is 22.2 Å². The maximum absolute atomic E-state index is 5.03. The molecule has 4 heteroatoms. The minimum absolute atomic E-state index is 0.672. The van der Waals surface area contributed by atoms with Crippen molar-refractivity contribution in [3.8, 4) is 0 Å². The number of nitrogens with one attached hydrogen (secondary N) is 1. The van der Waals surface area contributed by atoms with Gasteiger partial charge in [0.1, 0.15) is 5.82 Å². The van der Waals surface area contributed by atoms with Crippen molar-refractivity contribution in [2.24, 2.45) is 0 Å². The van der Waals surface area contributed by atoms with E-state index in [1.165, 1.54) is 0 Å². The van der Waals surface area contributed by atoms with Crippen LogP contribution in [0.25, 0.3) is 0 Å². The molecule has 90 valence electrons. The van der Waals surface area contributed by atoms with E-state index >= 15 is 0 Å². The number of nitrogens with zero attached hydrogens (tertiary/aromatic N) is 2. The van der Waals surface area contributed by atoms with Gasteiger partial charge in [-0.25, -0.2) is 9.97 Å². The summed E-state index contributed by atoms with van der Waals surface area (Å²) in [7, 11) is 1.69. The first kappa shape index (κ1) is 13.1. The topological polar surface area (TPSA) is 47.0 Å². The predicted octanol–water partition coefficient (Wildman–Crippen LogP) is 1.47. The lowest BCUT2D eigenvalue weighted by atomic mass is 10.3. The van der Waals surface area contributed by atoms with E-state index < -0.39 is 0 Å². The number of hydrogen-bond donors (Lipinski definition) is 1. The highest BCUT2D eigenvalue weighted by atomic mass is 16.5. The Morgan fingerprint density at radius 3 is 2.88 bits per heavy atom. The highest BCUT2D eigenvalue weighted by Gasteiger charge is 2.01. The Morgan fingerprint density at radius 2 is 2.19 bits per heavy atom. The summed E-state index contributed by atoms with van der Waals surface area (Å²) >= 11 is 0. The molecule has 0 saturated heterocycles. The highest BCUT2D eigenvalue weighted by Crippen LogP contribution is 2.01. The van der Waals surface area contributed by atoms with Crippen LogP contribution in [-0.2, 0) is 17.7 Å². The largest absolute Gasteiger partial charge is 0.384 e. The van der Waals surface area contributed by atoms with Crippen molar-refractivity contribution in [1.82, 2.24) is 15.3 Å². The third-order valence-corrected chi connectivity index (χ3v) is 2.22. The van der Waals surface area contributed by atoms with E-state index in [0.29, 0.717) is 6.61 Å². The lowest BCUT2D eigenvalue weighted by molar-refractivity contribution is 0.200. The summed E-state index contributed by atoms with van der Waals surface area (Å²) in [5, 5.41) is 3.34. The second kappa shape index (κ2) is 7.30. The number of hydrogen-bond acceptors (Lipinski definition) is 4. The third kappa shape index (κ3) is 4.68. The molecule has 0 unspecified atom stereocenters. The SMILES string of the molecule is CCCNCc1cc(C)nc(CCOC)n1. The van der Waals surface area contributed by atoms with Gasteiger partial charge in [-0.15, -0.1) is 0 Å². The smallest absolute Gasteiger partial charge is 0.131 e. The average molecular weight is 223 g/mol. The molecule has 0 fully saturated rings. The fourth-order valence-corrected chi connectivity index (χ4v) is 1.49. The summed E-state index contributed by atoms with van der Waals surface area (Å²) in [6, 6.07) is 2.03. The summed E-state index contributed by atoms with van der Waals surface area (Å²) in [5.74, 6) is 0.871. The Hall–Kier alpha value is -1.00. The first-order valence-corrected chi connectivity index (χ1v) is 5.79. The van der Waals surface area contributed by atoms with Crippen LogP contribution in [0.1, 0.15) is 30.6 Å². The molecule has 0 atom stereocenters. The molecule has 1 rings (SSSR count). The highest BCUT2D eigenvalue weighted by molar-refractivity contribution is 5.10.